The highest BCUT2D eigenvalue weighted by molar-refractivity contribution is 5.68. The average Bonchev–Trinajstić information content (AvgIpc) is 2.38. The first-order valence-corrected chi connectivity index (χ1v) is 5.57. The maximum absolute atomic E-state index is 11.0. The standard InChI is InChI=1S/C13H18O4/c1-4-13(14)17-8-7-10-5-6-11(15-2)12(9-10)16-3/h5-6,9H,4,7-8H2,1-3H3. The molecule has 1 aromatic rings. The first-order valence-electron chi connectivity index (χ1n) is 5.57. The van der Waals surface area contributed by atoms with Gasteiger partial charge in [-0.3, -0.25) is 4.79 Å². The number of carbonyl (C=O) groups is 1. The summed E-state index contributed by atoms with van der Waals surface area (Å²) < 4.78 is 15.3. The Hall–Kier alpha value is -1.71. The number of hydrogen-bond acceptors (Lipinski definition) is 4. The van der Waals surface area contributed by atoms with Crippen LogP contribution in [0.25, 0.3) is 0 Å². The van der Waals surface area contributed by atoms with E-state index < -0.39 is 0 Å². The average molecular weight is 238 g/mol. The number of ether oxygens (including phenoxy) is 3. The minimum Gasteiger partial charge on any atom is -0.493 e. The molecule has 0 fully saturated rings. The van der Waals surface area contributed by atoms with Crippen molar-refractivity contribution in [3.63, 3.8) is 0 Å². The molecule has 0 saturated heterocycles. The normalized spacial score (nSPS) is 9.82. The van der Waals surface area contributed by atoms with Crippen LogP contribution in [0.4, 0.5) is 0 Å². The van der Waals surface area contributed by atoms with Crippen molar-refractivity contribution < 1.29 is 19.0 Å². The predicted molar refractivity (Wildman–Crippen MR) is 64.5 cm³/mol. The van der Waals surface area contributed by atoms with Crippen LogP contribution in [-0.4, -0.2) is 26.8 Å². The summed E-state index contributed by atoms with van der Waals surface area (Å²) in [5.41, 5.74) is 1.05. The van der Waals surface area contributed by atoms with Crippen LogP contribution in [0, 0.1) is 0 Å². The zero-order valence-corrected chi connectivity index (χ0v) is 10.5. The number of benzene rings is 1. The number of rotatable bonds is 6. The second kappa shape index (κ2) is 6.78. The molecule has 0 aliphatic heterocycles. The Kier molecular flexibility index (Phi) is 5.33. The molecule has 0 bridgehead atoms. The number of carbonyl (C=O) groups excluding carboxylic acids is 1. The Morgan fingerprint density at radius 3 is 2.47 bits per heavy atom. The number of methoxy groups -OCH3 is 2. The van der Waals surface area contributed by atoms with E-state index in [1.54, 1.807) is 21.1 Å². The predicted octanol–water partition coefficient (Wildman–Crippen LogP) is 2.20. The van der Waals surface area contributed by atoms with Crippen LogP contribution in [0.15, 0.2) is 18.2 Å². The van der Waals surface area contributed by atoms with Crippen molar-refractivity contribution in [3.05, 3.63) is 23.8 Å². The van der Waals surface area contributed by atoms with E-state index >= 15 is 0 Å². The van der Waals surface area contributed by atoms with Gasteiger partial charge in [-0.15, -0.1) is 0 Å². The van der Waals surface area contributed by atoms with Crippen molar-refractivity contribution in [3.8, 4) is 11.5 Å². The van der Waals surface area contributed by atoms with Crippen molar-refractivity contribution >= 4 is 5.97 Å². The molecule has 17 heavy (non-hydrogen) atoms. The Balaban J connectivity index is 2.57. The van der Waals surface area contributed by atoms with Crippen LogP contribution in [-0.2, 0) is 16.0 Å². The van der Waals surface area contributed by atoms with E-state index in [0.29, 0.717) is 30.9 Å². The first kappa shape index (κ1) is 13.4. The van der Waals surface area contributed by atoms with Crippen LogP contribution in [0.2, 0.25) is 0 Å². The number of esters is 1. The zero-order valence-electron chi connectivity index (χ0n) is 10.5. The molecule has 0 N–H and O–H groups in total. The van der Waals surface area contributed by atoms with E-state index in [0.717, 1.165) is 5.56 Å². The molecule has 0 radical (unpaired) electrons. The van der Waals surface area contributed by atoms with Crippen molar-refractivity contribution in [1.29, 1.82) is 0 Å². The highest BCUT2D eigenvalue weighted by Gasteiger charge is 2.05. The van der Waals surface area contributed by atoms with Gasteiger partial charge in [-0.05, 0) is 17.7 Å². The van der Waals surface area contributed by atoms with Crippen molar-refractivity contribution in [2.45, 2.75) is 19.8 Å². The van der Waals surface area contributed by atoms with Gasteiger partial charge < -0.3 is 14.2 Å². The highest BCUT2D eigenvalue weighted by Crippen LogP contribution is 2.27. The molecule has 0 amide bonds. The van der Waals surface area contributed by atoms with Gasteiger partial charge in [0, 0.05) is 12.8 Å². The molecule has 0 atom stereocenters. The summed E-state index contributed by atoms with van der Waals surface area (Å²) in [6, 6.07) is 5.66. The molecule has 0 saturated carbocycles. The van der Waals surface area contributed by atoms with Crippen molar-refractivity contribution in [2.75, 3.05) is 20.8 Å². The molecule has 94 valence electrons. The fraction of sp³-hybridized carbons (Fsp3) is 0.462. The fourth-order valence-electron chi connectivity index (χ4n) is 1.42. The van der Waals surface area contributed by atoms with E-state index in [2.05, 4.69) is 0 Å². The van der Waals surface area contributed by atoms with Gasteiger partial charge in [0.2, 0.25) is 0 Å². The summed E-state index contributed by atoms with van der Waals surface area (Å²) in [5, 5.41) is 0. The number of hydrogen-bond donors (Lipinski definition) is 0. The van der Waals surface area contributed by atoms with E-state index in [-0.39, 0.29) is 5.97 Å². The van der Waals surface area contributed by atoms with Crippen molar-refractivity contribution in [2.24, 2.45) is 0 Å². The molecule has 0 aliphatic rings. The largest absolute Gasteiger partial charge is 0.493 e. The third-order valence-electron chi connectivity index (χ3n) is 2.39. The second-order valence-electron chi connectivity index (χ2n) is 3.51. The van der Waals surface area contributed by atoms with Gasteiger partial charge in [-0.25, -0.2) is 0 Å². The summed E-state index contributed by atoms with van der Waals surface area (Å²) >= 11 is 0. The minimum atomic E-state index is -0.175. The van der Waals surface area contributed by atoms with E-state index in [9.17, 15) is 4.79 Å². The molecule has 0 aromatic heterocycles. The fourth-order valence-corrected chi connectivity index (χ4v) is 1.42. The zero-order chi connectivity index (χ0) is 12.7. The molecule has 1 rings (SSSR count). The Labute approximate surface area is 101 Å². The monoisotopic (exact) mass is 238 g/mol. The van der Waals surface area contributed by atoms with Gasteiger partial charge >= 0.3 is 5.97 Å². The smallest absolute Gasteiger partial charge is 0.305 e. The summed E-state index contributed by atoms with van der Waals surface area (Å²) in [6.45, 7) is 2.17. The Bertz CT molecular complexity index is 374. The lowest BCUT2D eigenvalue weighted by Crippen LogP contribution is -2.06. The second-order valence-corrected chi connectivity index (χ2v) is 3.51. The lowest BCUT2D eigenvalue weighted by atomic mass is 10.1. The molecule has 1 aromatic carbocycles. The molecule has 0 aliphatic carbocycles. The van der Waals surface area contributed by atoms with Gasteiger partial charge in [0.25, 0.3) is 0 Å². The molecular formula is C13H18O4. The highest BCUT2D eigenvalue weighted by atomic mass is 16.5. The minimum absolute atomic E-state index is 0.175. The van der Waals surface area contributed by atoms with Gasteiger partial charge in [-0.2, -0.15) is 0 Å². The van der Waals surface area contributed by atoms with Crippen LogP contribution in [0.1, 0.15) is 18.9 Å². The van der Waals surface area contributed by atoms with Crippen LogP contribution < -0.4 is 9.47 Å². The summed E-state index contributed by atoms with van der Waals surface area (Å²) in [6.07, 6.45) is 1.08. The van der Waals surface area contributed by atoms with E-state index in [1.807, 2.05) is 18.2 Å². The van der Waals surface area contributed by atoms with Crippen LogP contribution in [0.3, 0.4) is 0 Å². The van der Waals surface area contributed by atoms with Crippen LogP contribution in [0.5, 0.6) is 11.5 Å². The maximum atomic E-state index is 11.0. The summed E-state index contributed by atoms with van der Waals surface area (Å²) in [7, 11) is 3.19. The molecule has 0 spiro atoms. The summed E-state index contributed by atoms with van der Waals surface area (Å²) in [4.78, 5) is 11.0. The maximum Gasteiger partial charge on any atom is 0.305 e. The molecule has 4 heteroatoms. The van der Waals surface area contributed by atoms with Gasteiger partial charge in [0.1, 0.15) is 0 Å². The van der Waals surface area contributed by atoms with Gasteiger partial charge in [-0.1, -0.05) is 13.0 Å². The topological polar surface area (TPSA) is 44.8 Å². The van der Waals surface area contributed by atoms with E-state index in [4.69, 9.17) is 14.2 Å². The molecule has 0 unspecified atom stereocenters. The van der Waals surface area contributed by atoms with Crippen LogP contribution >= 0.6 is 0 Å². The van der Waals surface area contributed by atoms with Crippen molar-refractivity contribution in [1.82, 2.24) is 0 Å². The lowest BCUT2D eigenvalue weighted by Gasteiger charge is -2.09. The third-order valence-corrected chi connectivity index (χ3v) is 2.39. The Morgan fingerprint density at radius 1 is 1.18 bits per heavy atom. The molecule has 0 heterocycles. The Morgan fingerprint density at radius 2 is 1.88 bits per heavy atom. The first-order chi connectivity index (χ1) is 8.21. The molecular weight excluding hydrogens is 220 g/mol. The van der Waals surface area contributed by atoms with E-state index in [1.165, 1.54) is 0 Å². The van der Waals surface area contributed by atoms with Gasteiger partial charge in [0.05, 0.1) is 20.8 Å². The lowest BCUT2D eigenvalue weighted by molar-refractivity contribution is -0.143. The summed E-state index contributed by atoms with van der Waals surface area (Å²) in [5.74, 6) is 1.21. The molecule has 4 nitrogen and oxygen atoms in total. The quantitative estimate of drug-likeness (QED) is 0.713. The third kappa shape index (κ3) is 3.98. The van der Waals surface area contributed by atoms with Gasteiger partial charge in [0.15, 0.2) is 11.5 Å². The SMILES string of the molecule is CCC(=O)OCCc1ccc(OC)c(OC)c1.